The van der Waals surface area contributed by atoms with Gasteiger partial charge in [0.1, 0.15) is 11.9 Å². The van der Waals surface area contributed by atoms with E-state index in [-0.39, 0.29) is 17.6 Å². The minimum atomic E-state index is -0.347. The normalized spacial score (nSPS) is 25.9. The lowest BCUT2D eigenvalue weighted by Gasteiger charge is -2.32. The van der Waals surface area contributed by atoms with Gasteiger partial charge in [0.2, 0.25) is 5.91 Å². The van der Waals surface area contributed by atoms with Crippen molar-refractivity contribution in [2.45, 2.75) is 51.2 Å². The third-order valence-corrected chi connectivity index (χ3v) is 5.64. The molecule has 2 saturated heterocycles. The van der Waals surface area contributed by atoms with Crippen LogP contribution in [0.3, 0.4) is 0 Å². The summed E-state index contributed by atoms with van der Waals surface area (Å²) in [4.78, 5) is 25.1. The summed E-state index contributed by atoms with van der Waals surface area (Å²) in [5, 5.41) is 0. The van der Waals surface area contributed by atoms with Crippen LogP contribution in [0.1, 0.15) is 38.7 Å². The zero-order valence-electron chi connectivity index (χ0n) is 16.6. The van der Waals surface area contributed by atoms with Crippen molar-refractivity contribution < 1.29 is 14.3 Å². The Hall–Kier alpha value is -1.57. The summed E-state index contributed by atoms with van der Waals surface area (Å²) < 4.78 is 12.3. The number of carbonyl (C=O) groups excluding carboxylic acids is 1. The maximum absolute atomic E-state index is 12.8. The standard InChI is InChI=1S/C20H32N4O3/c1-3-23(4-2)13-18-7-8-20(27-18)14-24(9-10-26-15-20)19(25)6-5-17-11-21-16-22-12-17/h11-12,16,18H,3-10,13-15H2,1-2H3/t18?,20-/m0/s1. The fraction of sp³-hybridized carbons (Fsp3) is 0.750. The molecule has 1 amide bonds. The van der Waals surface area contributed by atoms with Crippen molar-refractivity contribution in [1.82, 2.24) is 19.8 Å². The average Bonchev–Trinajstić information content (AvgIpc) is 2.96. The van der Waals surface area contributed by atoms with Crippen LogP contribution in [0.2, 0.25) is 0 Å². The Bertz CT molecular complexity index is 596. The van der Waals surface area contributed by atoms with Gasteiger partial charge in [-0.05, 0) is 37.9 Å². The number of likely N-dealkylation sites (N-methyl/N-ethyl adjacent to an activating group) is 1. The number of aromatic nitrogens is 2. The molecule has 0 saturated carbocycles. The van der Waals surface area contributed by atoms with E-state index in [0.29, 0.717) is 39.1 Å². The minimum absolute atomic E-state index is 0.152. The molecule has 1 spiro atoms. The van der Waals surface area contributed by atoms with Gasteiger partial charge in [-0.1, -0.05) is 13.8 Å². The lowest BCUT2D eigenvalue weighted by Crippen LogP contribution is -2.47. The Labute approximate surface area is 162 Å². The third kappa shape index (κ3) is 5.46. The summed E-state index contributed by atoms with van der Waals surface area (Å²) in [7, 11) is 0. The van der Waals surface area contributed by atoms with E-state index in [9.17, 15) is 4.79 Å². The molecule has 2 aliphatic heterocycles. The molecule has 7 heteroatoms. The van der Waals surface area contributed by atoms with Crippen LogP contribution in [0.25, 0.3) is 0 Å². The Kier molecular flexibility index (Phi) is 7.15. The summed E-state index contributed by atoms with van der Waals surface area (Å²) in [6.07, 6.45) is 8.38. The second-order valence-corrected chi connectivity index (χ2v) is 7.56. The number of hydrogen-bond acceptors (Lipinski definition) is 6. The molecule has 0 radical (unpaired) electrons. The second-order valence-electron chi connectivity index (χ2n) is 7.56. The Morgan fingerprint density at radius 1 is 1.33 bits per heavy atom. The van der Waals surface area contributed by atoms with E-state index >= 15 is 0 Å². The molecule has 3 heterocycles. The third-order valence-electron chi connectivity index (χ3n) is 5.64. The molecule has 0 N–H and O–H groups in total. The molecule has 1 unspecified atom stereocenters. The average molecular weight is 377 g/mol. The van der Waals surface area contributed by atoms with Gasteiger partial charge in [0.25, 0.3) is 0 Å². The molecule has 0 aliphatic carbocycles. The molecule has 0 bridgehead atoms. The molecule has 2 aliphatic rings. The lowest BCUT2D eigenvalue weighted by atomic mass is 9.99. The topological polar surface area (TPSA) is 67.8 Å². The molecular formula is C20H32N4O3. The van der Waals surface area contributed by atoms with Crippen LogP contribution in [0.15, 0.2) is 18.7 Å². The zero-order chi connectivity index (χ0) is 19.1. The van der Waals surface area contributed by atoms with Gasteiger partial charge in [-0.25, -0.2) is 9.97 Å². The smallest absolute Gasteiger partial charge is 0.223 e. The predicted octanol–water partition coefficient (Wildman–Crippen LogP) is 1.53. The second kappa shape index (κ2) is 9.57. The van der Waals surface area contributed by atoms with Gasteiger partial charge in [-0.15, -0.1) is 0 Å². The van der Waals surface area contributed by atoms with E-state index in [1.807, 2.05) is 4.90 Å². The molecule has 1 aromatic rings. The summed E-state index contributed by atoms with van der Waals surface area (Å²) in [6, 6.07) is 0. The van der Waals surface area contributed by atoms with Crippen LogP contribution in [0.5, 0.6) is 0 Å². The molecule has 0 aromatic carbocycles. The molecule has 2 fully saturated rings. The number of aryl methyl sites for hydroxylation is 1. The number of hydrogen-bond donors (Lipinski definition) is 0. The van der Waals surface area contributed by atoms with E-state index in [4.69, 9.17) is 9.47 Å². The largest absolute Gasteiger partial charge is 0.377 e. The van der Waals surface area contributed by atoms with Gasteiger partial charge in [-0.2, -0.15) is 0 Å². The maximum Gasteiger partial charge on any atom is 0.223 e. The minimum Gasteiger partial charge on any atom is -0.377 e. The first-order valence-electron chi connectivity index (χ1n) is 10.1. The molecule has 150 valence electrons. The summed E-state index contributed by atoms with van der Waals surface area (Å²) in [5.74, 6) is 0.152. The highest BCUT2D eigenvalue weighted by Crippen LogP contribution is 2.33. The molecule has 2 atom stereocenters. The molecule has 1 aromatic heterocycles. The quantitative estimate of drug-likeness (QED) is 0.719. The van der Waals surface area contributed by atoms with Crippen LogP contribution < -0.4 is 0 Å². The summed E-state index contributed by atoms with van der Waals surface area (Å²) in [6.45, 7) is 9.81. The Morgan fingerprint density at radius 3 is 2.85 bits per heavy atom. The van der Waals surface area contributed by atoms with Crippen molar-refractivity contribution in [3.8, 4) is 0 Å². The number of nitrogens with zero attached hydrogens (tertiary/aromatic N) is 4. The van der Waals surface area contributed by atoms with Crippen molar-refractivity contribution >= 4 is 5.91 Å². The van der Waals surface area contributed by atoms with E-state index in [1.54, 1.807) is 12.4 Å². The van der Waals surface area contributed by atoms with E-state index < -0.39 is 0 Å². The Morgan fingerprint density at radius 2 is 2.11 bits per heavy atom. The molecule has 3 rings (SSSR count). The van der Waals surface area contributed by atoms with Crippen molar-refractivity contribution in [2.24, 2.45) is 0 Å². The number of carbonyl (C=O) groups is 1. The van der Waals surface area contributed by atoms with Crippen LogP contribution in [-0.2, 0) is 20.7 Å². The fourth-order valence-electron chi connectivity index (χ4n) is 4.00. The SMILES string of the molecule is CCN(CC)CC1CC[C@]2(COCCN(C(=O)CCc3cncnc3)C2)O1. The first-order valence-corrected chi connectivity index (χ1v) is 10.1. The highest BCUT2D eigenvalue weighted by atomic mass is 16.6. The van der Waals surface area contributed by atoms with Crippen LogP contribution in [0.4, 0.5) is 0 Å². The lowest BCUT2D eigenvalue weighted by molar-refractivity contribution is -0.136. The van der Waals surface area contributed by atoms with Crippen molar-refractivity contribution in [2.75, 3.05) is 45.9 Å². The van der Waals surface area contributed by atoms with Crippen molar-refractivity contribution in [1.29, 1.82) is 0 Å². The highest BCUT2D eigenvalue weighted by molar-refractivity contribution is 5.76. The summed E-state index contributed by atoms with van der Waals surface area (Å²) >= 11 is 0. The van der Waals surface area contributed by atoms with Crippen molar-refractivity contribution in [3.63, 3.8) is 0 Å². The molecular weight excluding hydrogens is 344 g/mol. The number of amides is 1. The van der Waals surface area contributed by atoms with Crippen LogP contribution >= 0.6 is 0 Å². The van der Waals surface area contributed by atoms with Gasteiger partial charge in [0, 0.05) is 31.9 Å². The number of rotatable bonds is 7. The van der Waals surface area contributed by atoms with Crippen molar-refractivity contribution in [3.05, 3.63) is 24.3 Å². The Balaban J connectivity index is 1.56. The van der Waals surface area contributed by atoms with Crippen LogP contribution in [-0.4, -0.2) is 83.3 Å². The van der Waals surface area contributed by atoms with E-state index in [1.165, 1.54) is 6.33 Å². The van der Waals surface area contributed by atoms with E-state index in [0.717, 1.165) is 38.0 Å². The number of ether oxygens (including phenoxy) is 2. The highest BCUT2D eigenvalue weighted by Gasteiger charge is 2.44. The summed E-state index contributed by atoms with van der Waals surface area (Å²) in [5.41, 5.74) is 0.642. The van der Waals surface area contributed by atoms with E-state index in [2.05, 4.69) is 28.7 Å². The zero-order valence-corrected chi connectivity index (χ0v) is 16.6. The molecule has 7 nitrogen and oxygen atoms in total. The predicted molar refractivity (Wildman–Crippen MR) is 102 cm³/mol. The van der Waals surface area contributed by atoms with Gasteiger partial charge in [0.15, 0.2) is 0 Å². The van der Waals surface area contributed by atoms with Gasteiger partial charge in [0.05, 0.1) is 25.9 Å². The first kappa shape index (κ1) is 20.2. The molecule has 27 heavy (non-hydrogen) atoms. The maximum atomic E-state index is 12.8. The first-order chi connectivity index (χ1) is 13.1. The fourth-order valence-corrected chi connectivity index (χ4v) is 4.00. The van der Waals surface area contributed by atoms with Gasteiger partial charge in [-0.3, -0.25) is 4.79 Å². The van der Waals surface area contributed by atoms with Crippen LogP contribution in [0, 0.1) is 0 Å². The van der Waals surface area contributed by atoms with Gasteiger partial charge < -0.3 is 19.3 Å². The monoisotopic (exact) mass is 376 g/mol. The van der Waals surface area contributed by atoms with Gasteiger partial charge >= 0.3 is 0 Å².